The second-order valence-corrected chi connectivity index (χ2v) is 2.65. The molecule has 0 N–H and O–H groups in total. The zero-order valence-electron chi connectivity index (χ0n) is 5.15. The molecule has 0 aromatic heterocycles. The van der Waals surface area contributed by atoms with Gasteiger partial charge in [-0.2, -0.15) is 12.3 Å². The average molecular weight is 97.2 g/mol. The lowest BCUT2D eigenvalue weighted by Gasteiger charge is -2.14. The van der Waals surface area contributed by atoms with Crippen LogP contribution in [0.4, 0.5) is 0 Å². The number of hydrogen-bond donors (Lipinski definition) is 0. The summed E-state index contributed by atoms with van der Waals surface area (Å²) in [5.74, 6) is 1.85. The van der Waals surface area contributed by atoms with Crippen molar-refractivity contribution < 1.29 is 0 Å². The summed E-state index contributed by atoms with van der Waals surface area (Å²) in [6.07, 6.45) is 5.19. The van der Waals surface area contributed by atoms with Crippen molar-refractivity contribution in [1.82, 2.24) is 0 Å². The lowest BCUT2D eigenvalue weighted by atomic mass is 10.0. The van der Waals surface area contributed by atoms with E-state index < -0.39 is 0 Å². The fourth-order valence-corrected chi connectivity index (χ4v) is 1.12. The molecule has 0 spiro atoms. The van der Waals surface area contributed by atoms with Crippen LogP contribution in [0, 0.1) is 18.3 Å². The third kappa shape index (κ3) is 0.960. The van der Waals surface area contributed by atoms with Crippen LogP contribution in [0.3, 0.4) is 0 Å². The predicted molar refractivity (Wildman–Crippen MR) is 31.9 cm³/mol. The Morgan fingerprint density at radius 1 is 1.43 bits per heavy atom. The van der Waals surface area contributed by atoms with Crippen LogP contribution in [-0.4, -0.2) is 0 Å². The van der Waals surface area contributed by atoms with Crippen molar-refractivity contribution in [3.8, 4) is 0 Å². The van der Waals surface area contributed by atoms with Crippen LogP contribution in [0.25, 0.3) is 0 Å². The van der Waals surface area contributed by atoms with E-state index in [2.05, 4.69) is 20.3 Å². The molecule has 2 atom stereocenters. The van der Waals surface area contributed by atoms with Gasteiger partial charge < -0.3 is 6.42 Å². The van der Waals surface area contributed by atoms with Gasteiger partial charge in [0.25, 0.3) is 0 Å². The molecule has 1 aliphatic rings. The predicted octanol–water partition coefficient (Wildman–Crippen LogP) is 2.26. The largest absolute Gasteiger partial charge is 0.325 e. The highest BCUT2D eigenvalue weighted by Crippen LogP contribution is 2.28. The van der Waals surface area contributed by atoms with Gasteiger partial charge in [-0.25, -0.2) is 0 Å². The molecule has 0 heteroatoms. The fraction of sp³-hybridized carbons (Fsp3) is 0.857. The molecule has 0 aliphatic heterocycles. The van der Waals surface area contributed by atoms with Gasteiger partial charge in [0.05, 0.1) is 0 Å². The van der Waals surface area contributed by atoms with Crippen molar-refractivity contribution in [3.63, 3.8) is 0 Å². The van der Waals surface area contributed by atoms with Gasteiger partial charge in [0.15, 0.2) is 0 Å². The summed E-state index contributed by atoms with van der Waals surface area (Å²) < 4.78 is 0. The van der Waals surface area contributed by atoms with E-state index in [0.717, 1.165) is 11.8 Å². The minimum absolute atomic E-state index is 0.889. The van der Waals surface area contributed by atoms with Crippen molar-refractivity contribution in [3.05, 3.63) is 6.42 Å². The molecule has 1 aliphatic carbocycles. The van der Waals surface area contributed by atoms with Gasteiger partial charge in [-0.05, 0) is 0 Å². The Morgan fingerprint density at radius 3 is 2.29 bits per heavy atom. The number of hydrogen-bond acceptors (Lipinski definition) is 0. The molecule has 0 radical (unpaired) electrons. The summed E-state index contributed by atoms with van der Waals surface area (Å²) in [4.78, 5) is 0. The molecule has 2 unspecified atom stereocenters. The summed E-state index contributed by atoms with van der Waals surface area (Å²) in [6, 6.07) is 0. The zero-order valence-corrected chi connectivity index (χ0v) is 5.15. The maximum absolute atomic E-state index is 2.42. The molecule has 0 amide bonds. The average Bonchev–Trinajstić information content (AvgIpc) is 1.91. The SMILES string of the molecule is CC1[CH-]CCC1C. The van der Waals surface area contributed by atoms with Crippen molar-refractivity contribution in [2.45, 2.75) is 26.7 Å². The van der Waals surface area contributed by atoms with Crippen LogP contribution in [0.2, 0.25) is 0 Å². The molecule has 1 saturated carbocycles. The summed E-state index contributed by atoms with van der Waals surface area (Å²) in [5, 5.41) is 0. The fourth-order valence-electron chi connectivity index (χ4n) is 1.12. The summed E-state index contributed by atoms with van der Waals surface area (Å²) >= 11 is 0. The van der Waals surface area contributed by atoms with E-state index >= 15 is 0 Å². The standard InChI is InChI=1S/C7H13/c1-6-4-3-5-7(6)2/h4,6-7H,3,5H2,1-2H3/q-1. The summed E-state index contributed by atoms with van der Waals surface area (Å²) in [7, 11) is 0. The molecule has 0 nitrogen and oxygen atoms in total. The van der Waals surface area contributed by atoms with Gasteiger partial charge in [0.2, 0.25) is 0 Å². The Hall–Kier alpha value is 0. The van der Waals surface area contributed by atoms with E-state index in [-0.39, 0.29) is 0 Å². The lowest BCUT2D eigenvalue weighted by molar-refractivity contribution is 0.491. The molecular formula is C7H13-. The highest BCUT2D eigenvalue weighted by atomic mass is 14.2. The second-order valence-electron chi connectivity index (χ2n) is 2.65. The van der Waals surface area contributed by atoms with Gasteiger partial charge in [0.1, 0.15) is 0 Å². The van der Waals surface area contributed by atoms with Crippen molar-refractivity contribution in [1.29, 1.82) is 0 Å². The van der Waals surface area contributed by atoms with E-state index in [0.29, 0.717) is 0 Å². The van der Waals surface area contributed by atoms with Gasteiger partial charge >= 0.3 is 0 Å². The first-order valence-corrected chi connectivity index (χ1v) is 3.14. The highest BCUT2D eigenvalue weighted by molar-refractivity contribution is 4.84. The molecule has 0 aromatic rings. The topological polar surface area (TPSA) is 0 Å². The molecule has 0 saturated heterocycles. The monoisotopic (exact) mass is 97.1 g/mol. The molecule has 1 rings (SSSR count). The van der Waals surface area contributed by atoms with Gasteiger partial charge in [0, 0.05) is 0 Å². The first-order chi connectivity index (χ1) is 3.30. The Balaban J connectivity index is 2.33. The van der Waals surface area contributed by atoms with Crippen LogP contribution in [-0.2, 0) is 0 Å². The quantitative estimate of drug-likeness (QED) is 0.407. The zero-order chi connectivity index (χ0) is 5.28. The first-order valence-electron chi connectivity index (χ1n) is 3.14. The highest BCUT2D eigenvalue weighted by Gasteiger charge is 2.08. The molecule has 0 bridgehead atoms. The minimum atomic E-state index is 0.889. The Labute approximate surface area is 45.9 Å². The van der Waals surface area contributed by atoms with Gasteiger partial charge in [-0.15, -0.1) is 0 Å². The Morgan fingerprint density at radius 2 is 2.14 bits per heavy atom. The maximum Gasteiger partial charge on any atom is -0.0648 e. The summed E-state index contributed by atoms with van der Waals surface area (Å²) in [5.41, 5.74) is 0. The third-order valence-electron chi connectivity index (χ3n) is 2.06. The smallest absolute Gasteiger partial charge is 0.0648 e. The Kier molecular flexibility index (Phi) is 1.36. The molecule has 0 aromatic carbocycles. The van der Waals surface area contributed by atoms with Crippen LogP contribution < -0.4 is 0 Å². The minimum Gasteiger partial charge on any atom is -0.325 e. The molecule has 42 valence electrons. The van der Waals surface area contributed by atoms with E-state index in [1.165, 1.54) is 12.8 Å². The van der Waals surface area contributed by atoms with Crippen molar-refractivity contribution in [2.24, 2.45) is 11.8 Å². The van der Waals surface area contributed by atoms with Gasteiger partial charge in [-0.3, -0.25) is 0 Å². The Bertz CT molecular complexity index is 49.1. The van der Waals surface area contributed by atoms with E-state index in [9.17, 15) is 0 Å². The molecule has 7 heavy (non-hydrogen) atoms. The van der Waals surface area contributed by atoms with Crippen LogP contribution in [0.5, 0.6) is 0 Å². The van der Waals surface area contributed by atoms with Crippen molar-refractivity contribution >= 4 is 0 Å². The molecule has 0 heterocycles. The van der Waals surface area contributed by atoms with E-state index in [4.69, 9.17) is 0 Å². The van der Waals surface area contributed by atoms with Crippen LogP contribution >= 0.6 is 0 Å². The third-order valence-corrected chi connectivity index (χ3v) is 2.06. The van der Waals surface area contributed by atoms with Crippen LogP contribution in [0.1, 0.15) is 26.7 Å². The van der Waals surface area contributed by atoms with E-state index in [1.54, 1.807) is 0 Å². The van der Waals surface area contributed by atoms with Crippen molar-refractivity contribution in [2.75, 3.05) is 0 Å². The maximum atomic E-state index is 2.42. The van der Waals surface area contributed by atoms with Gasteiger partial charge in [-0.1, -0.05) is 26.2 Å². The van der Waals surface area contributed by atoms with Crippen LogP contribution in [0.15, 0.2) is 0 Å². The normalized spacial score (nSPS) is 42.0. The molecule has 1 fully saturated rings. The lowest BCUT2D eigenvalue weighted by Crippen LogP contribution is -1.96. The first kappa shape index (κ1) is 5.14. The summed E-state index contributed by atoms with van der Waals surface area (Å²) in [6.45, 7) is 4.63. The van der Waals surface area contributed by atoms with E-state index in [1.807, 2.05) is 0 Å². The molecular weight excluding hydrogens is 84.1 g/mol. The second kappa shape index (κ2) is 1.85. The number of rotatable bonds is 0.